The van der Waals surface area contributed by atoms with Gasteiger partial charge in [0, 0.05) is 62.5 Å². The number of amides is 2. The Morgan fingerprint density at radius 2 is 2.00 bits per heavy atom. The second-order valence-corrected chi connectivity index (χ2v) is 9.88. The Kier molecular flexibility index (Phi) is 5.87. The maximum atomic E-state index is 13.7. The standard InChI is InChI=1S/C26H36N4O3/c1-5-30-25(31)29-17-20-13-21(32-3)14-22(33-4)24(20)18(2)12-23(29)26(30)7-10-28(11-8-26)16-19-6-9-27-15-19/h6,9,12-14,18-19,27H,5,7-8,10-11,15-17H2,1-4H3/p+1. The highest BCUT2D eigenvalue weighted by molar-refractivity contribution is 5.73. The van der Waals surface area contributed by atoms with Crippen LogP contribution in [0.1, 0.15) is 43.7 Å². The van der Waals surface area contributed by atoms with Gasteiger partial charge in [0.05, 0.1) is 33.0 Å². The molecule has 0 bridgehead atoms. The molecule has 3 unspecified atom stereocenters. The number of piperidine rings is 1. The van der Waals surface area contributed by atoms with E-state index in [0.29, 0.717) is 12.5 Å². The number of likely N-dealkylation sites (tertiary alicyclic amines) is 1. The molecule has 33 heavy (non-hydrogen) atoms. The zero-order valence-corrected chi connectivity index (χ0v) is 20.3. The van der Waals surface area contributed by atoms with Gasteiger partial charge < -0.3 is 19.7 Å². The van der Waals surface area contributed by atoms with E-state index in [1.165, 1.54) is 11.3 Å². The molecule has 4 heterocycles. The summed E-state index contributed by atoms with van der Waals surface area (Å²) in [5.41, 5.74) is 3.36. The van der Waals surface area contributed by atoms with Crippen LogP contribution >= 0.6 is 0 Å². The fourth-order valence-corrected chi connectivity index (χ4v) is 6.49. The molecule has 5 rings (SSSR count). The lowest BCUT2D eigenvalue weighted by Gasteiger charge is -2.41. The largest absolute Gasteiger partial charge is 0.497 e. The van der Waals surface area contributed by atoms with Crippen molar-refractivity contribution in [1.82, 2.24) is 15.1 Å². The van der Waals surface area contributed by atoms with Crippen molar-refractivity contribution in [3.8, 4) is 11.5 Å². The van der Waals surface area contributed by atoms with Crippen LogP contribution < -0.4 is 19.7 Å². The van der Waals surface area contributed by atoms with E-state index in [-0.39, 0.29) is 17.5 Å². The summed E-state index contributed by atoms with van der Waals surface area (Å²) in [7, 11) is 3.39. The minimum absolute atomic E-state index is 0.139. The number of nitrogens with one attached hydrogen (secondary N) is 2. The van der Waals surface area contributed by atoms with E-state index < -0.39 is 0 Å². The van der Waals surface area contributed by atoms with Crippen LogP contribution in [0.5, 0.6) is 11.5 Å². The molecular weight excluding hydrogens is 416 g/mol. The van der Waals surface area contributed by atoms with Gasteiger partial charge in [0.1, 0.15) is 17.0 Å². The van der Waals surface area contributed by atoms with Crippen molar-refractivity contribution in [2.45, 2.75) is 44.7 Å². The average molecular weight is 454 g/mol. The number of carbonyl (C=O) groups excluding carboxylic acids is 1. The smallest absolute Gasteiger partial charge is 0.422 e. The van der Waals surface area contributed by atoms with Crippen molar-refractivity contribution < 1.29 is 19.2 Å². The number of allylic oxidation sites excluding steroid dienone is 1. The molecule has 0 aliphatic carbocycles. The number of fused-ring (bicyclic) bond motifs is 3. The molecule has 0 saturated carbocycles. The average Bonchev–Trinajstić information content (AvgIpc) is 3.36. The van der Waals surface area contributed by atoms with Crippen LogP contribution in [0.25, 0.3) is 0 Å². The molecule has 2 N–H and O–H groups in total. The van der Waals surface area contributed by atoms with Gasteiger partial charge in [-0.3, -0.25) is 4.90 Å². The van der Waals surface area contributed by atoms with Crippen LogP contribution in [-0.4, -0.2) is 68.3 Å². The third kappa shape index (κ3) is 3.62. The van der Waals surface area contributed by atoms with Gasteiger partial charge in [0.2, 0.25) is 0 Å². The van der Waals surface area contributed by atoms with Crippen molar-refractivity contribution >= 4 is 6.03 Å². The number of urea groups is 1. The molecule has 178 valence electrons. The summed E-state index contributed by atoms with van der Waals surface area (Å²) in [5.74, 6) is 2.36. The van der Waals surface area contributed by atoms with Crippen molar-refractivity contribution in [2.75, 3.05) is 46.9 Å². The van der Waals surface area contributed by atoms with E-state index in [0.717, 1.165) is 67.5 Å². The summed E-state index contributed by atoms with van der Waals surface area (Å²) < 4.78 is 11.3. The lowest BCUT2D eigenvalue weighted by atomic mass is 9.82. The first-order valence-corrected chi connectivity index (χ1v) is 12.3. The Labute approximate surface area is 197 Å². The maximum absolute atomic E-state index is 13.7. The van der Waals surface area contributed by atoms with Gasteiger partial charge in [-0.2, -0.15) is 0 Å². The Morgan fingerprint density at radius 1 is 1.21 bits per heavy atom. The van der Waals surface area contributed by atoms with Gasteiger partial charge in [0.25, 0.3) is 0 Å². The van der Waals surface area contributed by atoms with Crippen LogP contribution in [0.15, 0.2) is 36.2 Å². The highest BCUT2D eigenvalue weighted by atomic mass is 16.5. The van der Waals surface area contributed by atoms with Crippen LogP contribution in [0.4, 0.5) is 4.79 Å². The number of hydrogen-bond acceptors (Lipinski definition) is 5. The van der Waals surface area contributed by atoms with E-state index in [4.69, 9.17) is 9.47 Å². The summed E-state index contributed by atoms with van der Waals surface area (Å²) in [5, 5.41) is 3.32. The molecule has 3 atom stereocenters. The number of carbonyl (C=O) groups is 1. The number of likely N-dealkylation sites (N-methyl/N-ethyl adjacent to an activating group) is 1. The van der Waals surface area contributed by atoms with Crippen LogP contribution in [0.2, 0.25) is 0 Å². The molecule has 0 radical (unpaired) electrons. The van der Waals surface area contributed by atoms with Gasteiger partial charge >= 0.3 is 6.03 Å². The third-order valence-electron chi connectivity index (χ3n) is 8.13. The SMILES string of the molecule is CC[NH+]1C(=O)N2Cc3cc(OC)cc(OC)c3C(C)C=C2C12CCN(CC1C=CNC1)CC2. The lowest BCUT2D eigenvalue weighted by molar-refractivity contribution is -0.860. The molecule has 1 spiro atoms. The summed E-state index contributed by atoms with van der Waals surface area (Å²) in [6.45, 7) is 9.95. The van der Waals surface area contributed by atoms with Gasteiger partial charge in [-0.1, -0.05) is 19.1 Å². The molecule has 4 aliphatic heterocycles. The number of hydrogen-bond donors (Lipinski definition) is 2. The first-order chi connectivity index (χ1) is 16.0. The summed E-state index contributed by atoms with van der Waals surface area (Å²) in [6, 6.07) is 4.24. The molecule has 2 saturated heterocycles. The summed E-state index contributed by atoms with van der Waals surface area (Å²) >= 11 is 0. The fraction of sp³-hybridized carbons (Fsp3) is 0.577. The second kappa shape index (κ2) is 8.69. The van der Waals surface area contributed by atoms with Gasteiger partial charge in [-0.05, 0) is 24.8 Å². The number of quaternary nitrogens is 1. The van der Waals surface area contributed by atoms with E-state index in [2.05, 4.69) is 53.4 Å². The molecule has 4 aliphatic rings. The summed E-state index contributed by atoms with van der Waals surface area (Å²) in [6.07, 6.45) is 8.73. The van der Waals surface area contributed by atoms with Crippen LogP contribution in [0.3, 0.4) is 0 Å². The quantitative estimate of drug-likeness (QED) is 0.715. The van der Waals surface area contributed by atoms with E-state index in [9.17, 15) is 4.79 Å². The van der Waals surface area contributed by atoms with Crippen molar-refractivity contribution in [3.63, 3.8) is 0 Å². The molecular formula is C26H37N4O3+. The predicted octanol–water partition coefficient (Wildman–Crippen LogP) is 2.11. The molecule has 1 aromatic carbocycles. The second-order valence-electron chi connectivity index (χ2n) is 9.88. The Hall–Kier alpha value is -2.51. The number of methoxy groups -OCH3 is 2. The monoisotopic (exact) mass is 453 g/mol. The molecule has 2 fully saturated rings. The summed E-state index contributed by atoms with van der Waals surface area (Å²) in [4.78, 5) is 19.5. The zero-order valence-electron chi connectivity index (χ0n) is 20.3. The Bertz CT molecular complexity index is 980. The Balaban J connectivity index is 1.47. The first-order valence-electron chi connectivity index (χ1n) is 12.3. The molecule has 2 amide bonds. The maximum Gasteiger partial charge on any atom is 0.422 e. The first kappa shape index (κ1) is 22.3. The fourth-order valence-electron chi connectivity index (χ4n) is 6.49. The van der Waals surface area contributed by atoms with Crippen molar-refractivity contribution in [2.24, 2.45) is 5.92 Å². The topological polar surface area (TPSA) is 58.5 Å². The molecule has 0 aromatic heterocycles. The zero-order chi connectivity index (χ0) is 23.2. The van der Waals surface area contributed by atoms with Gasteiger partial charge in [-0.15, -0.1) is 0 Å². The third-order valence-corrected chi connectivity index (χ3v) is 8.13. The number of rotatable bonds is 5. The van der Waals surface area contributed by atoms with E-state index in [1.54, 1.807) is 14.2 Å². The molecule has 1 aromatic rings. The van der Waals surface area contributed by atoms with Gasteiger partial charge in [-0.25, -0.2) is 9.69 Å². The van der Waals surface area contributed by atoms with E-state index >= 15 is 0 Å². The minimum Gasteiger partial charge on any atom is -0.497 e. The van der Waals surface area contributed by atoms with Crippen molar-refractivity contribution in [1.29, 1.82) is 0 Å². The number of ether oxygens (including phenoxy) is 2. The molecule has 7 nitrogen and oxygen atoms in total. The van der Waals surface area contributed by atoms with Gasteiger partial charge in [0.15, 0.2) is 0 Å². The number of nitrogens with zero attached hydrogens (tertiary/aromatic N) is 2. The minimum atomic E-state index is -0.139. The highest BCUT2D eigenvalue weighted by Gasteiger charge is 2.59. The van der Waals surface area contributed by atoms with Crippen molar-refractivity contribution in [3.05, 3.63) is 47.3 Å². The normalized spacial score (nSPS) is 28.2. The van der Waals surface area contributed by atoms with Crippen LogP contribution in [0, 0.1) is 5.92 Å². The van der Waals surface area contributed by atoms with Crippen LogP contribution in [-0.2, 0) is 6.54 Å². The lowest BCUT2D eigenvalue weighted by Crippen LogP contribution is -3.20. The number of benzene rings is 1. The highest BCUT2D eigenvalue weighted by Crippen LogP contribution is 2.43. The Morgan fingerprint density at radius 3 is 2.64 bits per heavy atom. The predicted molar refractivity (Wildman–Crippen MR) is 128 cm³/mol. The van der Waals surface area contributed by atoms with E-state index in [1.807, 2.05) is 6.07 Å². The molecule has 7 heteroatoms.